The van der Waals surface area contributed by atoms with Crippen molar-refractivity contribution in [3.8, 4) is 121 Å². The molecule has 11 aromatic rings. The van der Waals surface area contributed by atoms with Gasteiger partial charge >= 0.3 is 0 Å². The lowest BCUT2D eigenvalue weighted by molar-refractivity contribution is 1.07. The molecule has 2 heterocycles. The molecule has 0 fully saturated rings. The summed E-state index contributed by atoms with van der Waals surface area (Å²) in [7, 11) is 0. The van der Waals surface area contributed by atoms with Gasteiger partial charge in [-0.15, -0.1) is 0 Å². The highest BCUT2D eigenvalue weighted by Gasteiger charge is 2.26. The van der Waals surface area contributed by atoms with E-state index < -0.39 is 0 Å². The Bertz CT molecular complexity index is 4040. The van der Waals surface area contributed by atoms with Crippen LogP contribution in [0.2, 0.25) is 0 Å². The first kappa shape index (κ1) is 44.2. The summed E-state index contributed by atoms with van der Waals surface area (Å²) in [6.45, 7) is 0. The second-order valence-electron chi connectivity index (χ2n) is 17.1. The van der Waals surface area contributed by atoms with E-state index in [9.17, 15) is 31.6 Å². The van der Waals surface area contributed by atoms with Gasteiger partial charge in [-0.2, -0.15) is 31.6 Å². The number of hydrogen-bond donors (Lipinski definition) is 0. The molecular weight excluding hydrogens is 897 g/mol. The fraction of sp³-hybridized carbons (Fsp3) is 0. The first-order chi connectivity index (χ1) is 35.9. The van der Waals surface area contributed by atoms with Gasteiger partial charge in [0.1, 0.15) is 0 Å². The van der Waals surface area contributed by atoms with E-state index in [0.717, 1.165) is 55.2 Å². The zero-order chi connectivity index (χ0) is 50.0. The lowest BCUT2D eigenvalue weighted by Gasteiger charge is -2.22. The molecule has 10 heteroatoms. The van der Waals surface area contributed by atoms with Gasteiger partial charge in [0.05, 0.1) is 86.5 Å². The molecule has 0 N–H and O–H groups in total. The van der Waals surface area contributed by atoms with Crippen LogP contribution in [0.5, 0.6) is 0 Å². The second-order valence-corrected chi connectivity index (χ2v) is 17.1. The highest BCUT2D eigenvalue weighted by Crippen LogP contribution is 2.46. The minimum absolute atomic E-state index is 0.237. The van der Waals surface area contributed by atoms with Crippen LogP contribution >= 0.6 is 0 Å². The van der Waals surface area contributed by atoms with Crippen LogP contribution in [-0.4, -0.2) is 19.5 Å². The molecule has 0 aliphatic heterocycles. The molecule has 11 rings (SSSR count). The topological polar surface area (TPSA) is 186 Å². The summed E-state index contributed by atoms with van der Waals surface area (Å²) in [6.07, 6.45) is 0. The molecular formula is C63H32N10. The quantitative estimate of drug-likeness (QED) is 0.143. The summed E-state index contributed by atoms with van der Waals surface area (Å²) < 4.78 is 2.14. The van der Waals surface area contributed by atoms with E-state index in [1.807, 2.05) is 121 Å². The maximum Gasteiger partial charge on any atom is 0.164 e. The third kappa shape index (κ3) is 8.11. The predicted molar refractivity (Wildman–Crippen MR) is 281 cm³/mol. The zero-order valence-corrected chi connectivity index (χ0v) is 38.4. The van der Waals surface area contributed by atoms with Crippen molar-refractivity contribution in [1.82, 2.24) is 19.5 Å². The molecule has 73 heavy (non-hydrogen) atoms. The van der Waals surface area contributed by atoms with Gasteiger partial charge in [-0.1, -0.05) is 109 Å². The van der Waals surface area contributed by atoms with Crippen LogP contribution in [0.15, 0.2) is 194 Å². The molecule has 10 nitrogen and oxygen atoms in total. The number of hydrogen-bond acceptors (Lipinski definition) is 9. The third-order valence-electron chi connectivity index (χ3n) is 12.9. The Morgan fingerprint density at radius 3 is 1.04 bits per heavy atom. The van der Waals surface area contributed by atoms with Crippen molar-refractivity contribution in [1.29, 1.82) is 31.6 Å². The van der Waals surface area contributed by atoms with Crippen LogP contribution in [-0.2, 0) is 0 Å². The van der Waals surface area contributed by atoms with Gasteiger partial charge in [-0.3, -0.25) is 0 Å². The van der Waals surface area contributed by atoms with Crippen molar-refractivity contribution in [2.24, 2.45) is 0 Å². The van der Waals surface area contributed by atoms with Gasteiger partial charge in [-0.05, 0) is 107 Å². The summed E-state index contributed by atoms with van der Waals surface area (Å²) in [6, 6.07) is 73.9. The minimum atomic E-state index is 0.237. The lowest BCUT2D eigenvalue weighted by Crippen LogP contribution is -2.05. The monoisotopic (exact) mass is 928 g/mol. The molecule has 0 aliphatic rings. The normalized spacial score (nSPS) is 10.7. The van der Waals surface area contributed by atoms with Crippen molar-refractivity contribution >= 4 is 21.8 Å². The molecule has 0 atom stereocenters. The summed E-state index contributed by atoms with van der Waals surface area (Å²) in [5.41, 5.74) is 12.2. The zero-order valence-electron chi connectivity index (χ0n) is 38.4. The van der Waals surface area contributed by atoms with Crippen molar-refractivity contribution in [2.45, 2.75) is 0 Å². The number of nitriles is 6. The van der Waals surface area contributed by atoms with E-state index >= 15 is 0 Å². The predicted octanol–water partition coefficient (Wildman–Crippen LogP) is 13.9. The van der Waals surface area contributed by atoms with Crippen LogP contribution in [0.25, 0.3) is 106 Å². The van der Waals surface area contributed by atoms with Gasteiger partial charge in [0.15, 0.2) is 17.5 Å². The van der Waals surface area contributed by atoms with Crippen LogP contribution in [0.3, 0.4) is 0 Å². The van der Waals surface area contributed by atoms with Gasteiger partial charge in [0.25, 0.3) is 0 Å². The lowest BCUT2D eigenvalue weighted by atomic mass is 9.88. The summed E-state index contributed by atoms with van der Waals surface area (Å²) in [5.74, 6) is 1.19. The van der Waals surface area contributed by atoms with Crippen molar-refractivity contribution in [3.63, 3.8) is 0 Å². The van der Waals surface area contributed by atoms with Gasteiger partial charge in [0.2, 0.25) is 0 Å². The first-order valence-electron chi connectivity index (χ1n) is 22.9. The molecule has 0 unspecified atom stereocenters. The standard InChI is InChI=1S/C63H32N10/c64-33-39-11-17-43(18-12-39)47-21-25-58-54(29-47)55-30-48(44-19-13-40(34-65)14-20-44)22-26-59(55)73(58)60-56(52-23-15-41(35-66)27-50(52)37-68)31-49(32-57(60)53-24-16-42(36-67)28-51(53)38-69)63-71-61(45-7-3-1-4-8-45)70-62(72-63)46-9-5-2-6-10-46/h1-32H. The molecule has 0 bridgehead atoms. The van der Waals surface area contributed by atoms with Crippen molar-refractivity contribution < 1.29 is 0 Å². The van der Waals surface area contributed by atoms with Crippen molar-refractivity contribution in [2.75, 3.05) is 0 Å². The van der Waals surface area contributed by atoms with E-state index in [0.29, 0.717) is 73.2 Å². The number of benzene rings is 9. The molecule has 0 spiro atoms. The molecule has 0 radical (unpaired) electrons. The summed E-state index contributed by atoms with van der Waals surface area (Å²) in [5, 5.41) is 63.0. The van der Waals surface area contributed by atoms with E-state index in [-0.39, 0.29) is 11.1 Å². The van der Waals surface area contributed by atoms with Crippen LogP contribution in [0.1, 0.15) is 33.4 Å². The SMILES string of the molecule is N#Cc1ccc(-c2ccc3c(c2)c2cc(-c4ccc(C#N)cc4)ccc2n3-c2c(-c3ccc(C#N)cc3C#N)cc(-c3nc(-c4ccccc4)nc(-c4ccccc4)n3)cc2-c2ccc(C#N)cc2C#N)cc1. The Kier molecular flexibility index (Phi) is 11.3. The fourth-order valence-electron chi connectivity index (χ4n) is 9.33. The molecule has 0 saturated heterocycles. The summed E-state index contributed by atoms with van der Waals surface area (Å²) >= 11 is 0. The molecule has 334 valence electrons. The van der Waals surface area contributed by atoms with Crippen LogP contribution < -0.4 is 0 Å². The minimum Gasteiger partial charge on any atom is -0.308 e. The van der Waals surface area contributed by atoms with Gasteiger partial charge in [0, 0.05) is 49.7 Å². The van der Waals surface area contributed by atoms with E-state index in [1.165, 1.54) is 0 Å². The molecule has 2 aromatic heterocycles. The maximum atomic E-state index is 10.9. The summed E-state index contributed by atoms with van der Waals surface area (Å²) in [4.78, 5) is 15.2. The van der Waals surface area contributed by atoms with Gasteiger partial charge < -0.3 is 4.57 Å². The largest absolute Gasteiger partial charge is 0.308 e. The number of rotatable bonds is 8. The van der Waals surface area contributed by atoms with E-state index in [4.69, 9.17) is 15.0 Å². The molecule has 0 amide bonds. The molecule has 9 aromatic carbocycles. The second kappa shape index (κ2) is 18.7. The number of aromatic nitrogens is 4. The highest BCUT2D eigenvalue weighted by atomic mass is 15.0. The average molecular weight is 929 g/mol. The highest BCUT2D eigenvalue weighted by molar-refractivity contribution is 6.13. The maximum absolute atomic E-state index is 10.9. The van der Waals surface area contributed by atoms with E-state index in [2.05, 4.69) is 53.1 Å². The van der Waals surface area contributed by atoms with Crippen molar-refractivity contribution in [3.05, 3.63) is 228 Å². The Balaban J connectivity index is 1.30. The Morgan fingerprint density at radius 1 is 0.288 bits per heavy atom. The number of nitrogens with zero attached hydrogens (tertiary/aromatic N) is 10. The molecule has 0 aliphatic carbocycles. The van der Waals surface area contributed by atoms with Crippen LogP contribution in [0, 0.1) is 68.0 Å². The Hall–Kier alpha value is -11.3. The number of fused-ring (bicyclic) bond motifs is 3. The Morgan fingerprint density at radius 2 is 0.658 bits per heavy atom. The first-order valence-corrected chi connectivity index (χ1v) is 22.9. The van der Waals surface area contributed by atoms with E-state index in [1.54, 1.807) is 60.7 Å². The average Bonchev–Trinajstić information content (AvgIpc) is 3.79. The van der Waals surface area contributed by atoms with Crippen LogP contribution in [0.4, 0.5) is 0 Å². The van der Waals surface area contributed by atoms with Gasteiger partial charge in [-0.25, -0.2) is 15.0 Å². The fourth-order valence-corrected chi connectivity index (χ4v) is 9.33. The molecule has 0 saturated carbocycles. The third-order valence-corrected chi connectivity index (χ3v) is 12.9. The Labute approximate surface area is 419 Å². The smallest absolute Gasteiger partial charge is 0.164 e.